The Balaban J connectivity index is 2.10. The number of halogens is 1. The van der Waals surface area contributed by atoms with Crippen LogP contribution in [0.15, 0.2) is 53.0 Å². The molecule has 0 aliphatic carbocycles. The number of rotatable bonds is 6. The molecule has 2 aromatic rings. The largest absolute Gasteiger partial charge is 0.497 e. The first-order valence-corrected chi connectivity index (χ1v) is 8.02. The monoisotopic (exact) mass is 347 g/mol. The molecule has 21 heavy (non-hydrogen) atoms. The molecule has 2 aromatic carbocycles. The lowest BCUT2D eigenvalue weighted by Crippen LogP contribution is -2.25. The highest BCUT2D eigenvalue weighted by atomic mass is 79.9. The van der Waals surface area contributed by atoms with Crippen LogP contribution < -0.4 is 10.1 Å². The average Bonchev–Trinajstić information content (AvgIpc) is 2.49. The SMILES string of the molecule is COc1ccc(C(NCc2ccccc2Br)C(C)C)cc1. The predicted octanol–water partition coefficient (Wildman–Crippen LogP) is 4.94. The minimum absolute atomic E-state index is 0.322. The second-order valence-corrected chi connectivity index (χ2v) is 6.32. The van der Waals surface area contributed by atoms with E-state index < -0.39 is 0 Å². The van der Waals surface area contributed by atoms with Crippen molar-refractivity contribution >= 4 is 15.9 Å². The van der Waals surface area contributed by atoms with Gasteiger partial charge in [0, 0.05) is 17.1 Å². The van der Waals surface area contributed by atoms with E-state index >= 15 is 0 Å². The zero-order valence-electron chi connectivity index (χ0n) is 12.8. The van der Waals surface area contributed by atoms with Gasteiger partial charge in [0.05, 0.1) is 7.11 Å². The first-order valence-electron chi connectivity index (χ1n) is 7.22. The Bertz CT molecular complexity index is 566. The molecule has 0 fully saturated rings. The van der Waals surface area contributed by atoms with E-state index in [1.54, 1.807) is 7.11 Å². The summed E-state index contributed by atoms with van der Waals surface area (Å²) in [4.78, 5) is 0. The maximum atomic E-state index is 5.23. The van der Waals surface area contributed by atoms with E-state index in [4.69, 9.17) is 4.74 Å². The van der Waals surface area contributed by atoms with Crippen LogP contribution in [0.1, 0.15) is 31.0 Å². The molecule has 1 unspecified atom stereocenters. The number of methoxy groups -OCH3 is 1. The number of hydrogen-bond acceptors (Lipinski definition) is 2. The summed E-state index contributed by atoms with van der Waals surface area (Å²) in [5.74, 6) is 1.41. The summed E-state index contributed by atoms with van der Waals surface area (Å²) in [6.07, 6.45) is 0. The molecule has 112 valence electrons. The summed E-state index contributed by atoms with van der Waals surface area (Å²) in [6, 6.07) is 17.0. The van der Waals surface area contributed by atoms with Crippen molar-refractivity contribution in [2.75, 3.05) is 7.11 Å². The van der Waals surface area contributed by atoms with Gasteiger partial charge in [-0.25, -0.2) is 0 Å². The van der Waals surface area contributed by atoms with Crippen LogP contribution in [0.25, 0.3) is 0 Å². The van der Waals surface area contributed by atoms with Crippen LogP contribution in [0, 0.1) is 5.92 Å². The van der Waals surface area contributed by atoms with Crippen molar-refractivity contribution in [3.05, 3.63) is 64.1 Å². The summed E-state index contributed by atoms with van der Waals surface area (Å²) in [5.41, 5.74) is 2.56. The van der Waals surface area contributed by atoms with Gasteiger partial charge in [-0.2, -0.15) is 0 Å². The normalized spacial score (nSPS) is 12.4. The van der Waals surface area contributed by atoms with E-state index in [9.17, 15) is 0 Å². The second kappa shape index (κ2) is 7.62. The molecule has 1 N–H and O–H groups in total. The van der Waals surface area contributed by atoms with E-state index in [-0.39, 0.29) is 0 Å². The quantitative estimate of drug-likeness (QED) is 0.798. The highest BCUT2D eigenvalue weighted by Gasteiger charge is 2.15. The summed E-state index contributed by atoms with van der Waals surface area (Å²) in [7, 11) is 1.69. The zero-order chi connectivity index (χ0) is 15.2. The molecule has 0 aliphatic heterocycles. The zero-order valence-corrected chi connectivity index (χ0v) is 14.4. The summed E-state index contributed by atoms with van der Waals surface area (Å²) in [6.45, 7) is 5.32. The lowest BCUT2D eigenvalue weighted by Gasteiger charge is -2.23. The molecule has 0 spiro atoms. The maximum absolute atomic E-state index is 5.23. The van der Waals surface area contributed by atoms with E-state index in [0.717, 1.165) is 16.8 Å². The molecule has 0 aromatic heterocycles. The van der Waals surface area contributed by atoms with Gasteiger partial charge in [-0.05, 0) is 35.2 Å². The van der Waals surface area contributed by atoms with Crippen molar-refractivity contribution in [1.29, 1.82) is 0 Å². The molecule has 0 saturated carbocycles. The van der Waals surface area contributed by atoms with Crippen LogP contribution in [-0.4, -0.2) is 7.11 Å². The third kappa shape index (κ3) is 4.32. The Morgan fingerprint density at radius 3 is 2.29 bits per heavy atom. The molecular formula is C18H22BrNO. The first-order chi connectivity index (χ1) is 10.1. The summed E-state index contributed by atoms with van der Waals surface area (Å²) < 4.78 is 6.38. The van der Waals surface area contributed by atoms with E-state index in [1.807, 2.05) is 18.2 Å². The Labute approximate surface area is 135 Å². The molecule has 1 atom stereocenters. The standard InChI is InChI=1S/C18H22BrNO/c1-13(2)18(14-8-10-16(21-3)11-9-14)20-12-15-6-4-5-7-17(15)19/h4-11,13,18,20H,12H2,1-3H3. The second-order valence-electron chi connectivity index (χ2n) is 5.47. The molecule has 0 bridgehead atoms. The van der Waals surface area contributed by atoms with Crippen molar-refractivity contribution in [2.24, 2.45) is 5.92 Å². The number of ether oxygens (including phenoxy) is 1. The Morgan fingerprint density at radius 1 is 1.05 bits per heavy atom. The lowest BCUT2D eigenvalue weighted by molar-refractivity contribution is 0.404. The van der Waals surface area contributed by atoms with Gasteiger partial charge in [0.2, 0.25) is 0 Å². The average molecular weight is 348 g/mol. The molecule has 2 rings (SSSR count). The fraction of sp³-hybridized carbons (Fsp3) is 0.333. The topological polar surface area (TPSA) is 21.3 Å². The van der Waals surface area contributed by atoms with E-state index in [1.165, 1.54) is 11.1 Å². The minimum atomic E-state index is 0.322. The van der Waals surface area contributed by atoms with Gasteiger partial charge in [-0.1, -0.05) is 60.1 Å². The van der Waals surface area contributed by atoms with Crippen LogP contribution >= 0.6 is 15.9 Å². The third-order valence-corrected chi connectivity index (χ3v) is 4.39. The molecule has 0 radical (unpaired) electrons. The fourth-order valence-corrected chi connectivity index (χ4v) is 2.84. The Morgan fingerprint density at radius 2 is 1.71 bits per heavy atom. The lowest BCUT2D eigenvalue weighted by atomic mass is 9.95. The highest BCUT2D eigenvalue weighted by molar-refractivity contribution is 9.10. The van der Waals surface area contributed by atoms with Crippen LogP contribution in [0.4, 0.5) is 0 Å². The molecule has 0 aliphatic rings. The molecule has 2 nitrogen and oxygen atoms in total. The summed E-state index contributed by atoms with van der Waals surface area (Å²) in [5, 5.41) is 3.66. The van der Waals surface area contributed by atoms with Crippen molar-refractivity contribution in [3.8, 4) is 5.75 Å². The number of benzene rings is 2. The Hall–Kier alpha value is -1.32. The molecule has 0 saturated heterocycles. The van der Waals surface area contributed by atoms with Crippen molar-refractivity contribution in [2.45, 2.75) is 26.4 Å². The highest BCUT2D eigenvalue weighted by Crippen LogP contribution is 2.25. The number of nitrogens with one attached hydrogen (secondary N) is 1. The molecule has 0 heterocycles. The van der Waals surface area contributed by atoms with Gasteiger partial charge >= 0.3 is 0 Å². The van der Waals surface area contributed by atoms with E-state index in [2.05, 4.69) is 65.4 Å². The summed E-state index contributed by atoms with van der Waals surface area (Å²) >= 11 is 3.60. The fourth-order valence-electron chi connectivity index (χ4n) is 2.41. The van der Waals surface area contributed by atoms with Gasteiger partial charge in [0.15, 0.2) is 0 Å². The van der Waals surface area contributed by atoms with Crippen LogP contribution in [0.5, 0.6) is 5.75 Å². The molecule has 3 heteroatoms. The van der Waals surface area contributed by atoms with Gasteiger partial charge in [-0.15, -0.1) is 0 Å². The number of hydrogen-bond donors (Lipinski definition) is 1. The van der Waals surface area contributed by atoms with Crippen LogP contribution in [0.3, 0.4) is 0 Å². The van der Waals surface area contributed by atoms with Gasteiger partial charge in [0.1, 0.15) is 5.75 Å². The van der Waals surface area contributed by atoms with Gasteiger partial charge < -0.3 is 10.1 Å². The molecular weight excluding hydrogens is 326 g/mol. The predicted molar refractivity (Wildman–Crippen MR) is 91.6 cm³/mol. The van der Waals surface area contributed by atoms with Crippen molar-refractivity contribution in [3.63, 3.8) is 0 Å². The van der Waals surface area contributed by atoms with Crippen molar-refractivity contribution in [1.82, 2.24) is 5.32 Å². The van der Waals surface area contributed by atoms with Crippen molar-refractivity contribution < 1.29 is 4.74 Å². The van der Waals surface area contributed by atoms with Crippen LogP contribution in [-0.2, 0) is 6.54 Å². The maximum Gasteiger partial charge on any atom is 0.118 e. The van der Waals surface area contributed by atoms with Crippen LogP contribution in [0.2, 0.25) is 0 Å². The molecule has 0 amide bonds. The van der Waals surface area contributed by atoms with Gasteiger partial charge in [0.25, 0.3) is 0 Å². The smallest absolute Gasteiger partial charge is 0.118 e. The van der Waals surface area contributed by atoms with E-state index in [0.29, 0.717) is 12.0 Å². The third-order valence-electron chi connectivity index (χ3n) is 3.61. The Kier molecular flexibility index (Phi) is 5.83. The minimum Gasteiger partial charge on any atom is -0.497 e. The van der Waals surface area contributed by atoms with Gasteiger partial charge in [-0.3, -0.25) is 0 Å². The first kappa shape index (κ1) is 16.1.